The number of likely N-dealkylation sites (tertiary alicyclic amines) is 1. The molecular weight excluding hydrogens is 444 g/mol. The monoisotopic (exact) mass is 478 g/mol. The molecular formula is C28H34N2O5. The predicted octanol–water partition coefficient (Wildman–Crippen LogP) is 4.80. The number of carbonyl (C=O) groups is 3. The first-order chi connectivity index (χ1) is 17.0. The Morgan fingerprint density at radius 3 is 2.31 bits per heavy atom. The molecule has 7 nitrogen and oxygen atoms in total. The van der Waals surface area contributed by atoms with Gasteiger partial charge >= 0.3 is 12.1 Å². The van der Waals surface area contributed by atoms with Gasteiger partial charge in [0.15, 0.2) is 0 Å². The van der Waals surface area contributed by atoms with Crippen LogP contribution in [0, 0.1) is 5.92 Å². The minimum atomic E-state index is -0.825. The summed E-state index contributed by atoms with van der Waals surface area (Å²) in [5, 5.41) is 12.1. The number of fused-ring (bicyclic) bond motifs is 3. The maximum absolute atomic E-state index is 12.5. The van der Waals surface area contributed by atoms with Crippen LogP contribution in [0.5, 0.6) is 0 Å². The summed E-state index contributed by atoms with van der Waals surface area (Å²) in [7, 11) is 0. The Balaban J connectivity index is 1.14. The van der Waals surface area contributed by atoms with Gasteiger partial charge in [-0.1, -0.05) is 55.0 Å². The topological polar surface area (TPSA) is 95.9 Å². The molecule has 1 aliphatic heterocycles. The number of carbonyl (C=O) groups excluding carboxylic acids is 2. The lowest BCUT2D eigenvalue weighted by molar-refractivity contribution is -0.149. The standard InChI is InChI=1S/C28H34N2O5/c1-19-20(27(32)33)14-9-17-30(19)26(31)15-3-2-8-16-29-28(34)35-18-25-23-12-6-4-10-21(23)22-11-5-7-13-24(22)25/h4-7,10-13,19-20,25H,2-3,8-9,14-18H2,1H3,(H,29,34)(H,32,33). The second kappa shape index (κ2) is 11.4. The Labute approximate surface area is 206 Å². The number of aliphatic carboxylic acids is 1. The first-order valence-electron chi connectivity index (χ1n) is 12.6. The van der Waals surface area contributed by atoms with Crippen molar-refractivity contribution in [2.24, 2.45) is 5.92 Å². The van der Waals surface area contributed by atoms with Gasteiger partial charge in [-0.3, -0.25) is 9.59 Å². The first-order valence-corrected chi connectivity index (χ1v) is 12.6. The van der Waals surface area contributed by atoms with E-state index >= 15 is 0 Å². The summed E-state index contributed by atoms with van der Waals surface area (Å²) >= 11 is 0. The number of amides is 2. The molecule has 1 fully saturated rings. The number of unbranched alkanes of at least 4 members (excludes halogenated alkanes) is 2. The van der Waals surface area contributed by atoms with E-state index in [0.717, 1.165) is 19.3 Å². The van der Waals surface area contributed by atoms with Crippen molar-refractivity contribution in [3.8, 4) is 11.1 Å². The molecule has 2 aromatic carbocycles. The lowest BCUT2D eigenvalue weighted by atomic mass is 9.90. The van der Waals surface area contributed by atoms with Crippen molar-refractivity contribution in [1.29, 1.82) is 0 Å². The van der Waals surface area contributed by atoms with Gasteiger partial charge in [-0.25, -0.2) is 4.79 Å². The number of nitrogens with one attached hydrogen (secondary N) is 1. The zero-order valence-electron chi connectivity index (χ0n) is 20.2. The van der Waals surface area contributed by atoms with E-state index in [9.17, 15) is 19.5 Å². The highest BCUT2D eigenvalue weighted by atomic mass is 16.5. The molecule has 2 aliphatic rings. The molecule has 4 rings (SSSR count). The van der Waals surface area contributed by atoms with Gasteiger partial charge in [0.1, 0.15) is 6.61 Å². The summed E-state index contributed by atoms with van der Waals surface area (Å²) < 4.78 is 5.55. The van der Waals surface area contributed by atoms with Crippen LogP contribution in [0.3, 0.4) is 0 Å². The highest BCUT2D eigenvalue weighted by Crippen LogP contribution is 2.44. The Morgan fingerprint density at radius 1 is 1.00 bits per heavy atom. The molecule has 1 saturated heterocycles. The van der Waals surface area contributed by atoms with E-state index < -0.39 is 18.0 Å². The molecule has 2 unspecified atom stereocenters. The molecule has 35 heavy (non-hydrogen) atoms. The predicted molar refractivity (Wildman–Crippen MR) is 133 cm³/mol. The quantitative estimate of drug-likeness (QED) is 0.505. The second-order valence-electron chi connectivity index (χ2n) is 9.48. The van der Waals surface area contributed by atoms with Crippen molar-refractivity contribution in [2.45, 2.75) is 57.4 Å². The third kappa shape index (κ3) is 5.66. The molecule has 0 bridgehead atoms. The Morgan fingerprint density at radius 2 is 1.66 bits per heavy atom. The third-order valence-corrected chi connectivity index (χ3v) is 7.31. The molecule has 1 heterocycles. The van der Waals surface area contributed by atoms with E-state index in [0.29, 0.717) is 39.0 Å². The first kappa shape index (κ1) is 24.8. The number of alkyl carbamates (subject to hydrolysis) is 1. The van der Waals surface area contributed by atoms with Gasteiger partial charge in [-0.15, -0.1) is 0 Å². The van der Waals surface area contributed by atoms with Crippen LogP contribution in [-0.4, -0.2) is 53.7 Å². The average Bonchev–Trinajstić information content (AvgIpc) is 3.18. The van der Waals surface area contributed by atoms with Gasteiger partial charge in [-0.2, -0.15) is 0 Å². The average molecular weight is 479 g/mol. The molecule has 0 aromatic heterocycles. The van der Waals surface area contributed by atoms with E-state index in [1.165, 1.54) is 22.3 Å². The number of benzene rings is 2. The molecule has 0 saturated carbocycles. The maximum Gasteiger partial charge on any atom is 0.407 e. The highest BCUT2D eigenvalue weighted by Gasteiger charge is 2.35. The van der Waals surface area contributed by atoms with E-state index in [1.54, 1.807) is 4.90 Å². The van der Waals surface area contributed by atoms with Crippen molar-refractivity contribution in [2.75, 3.05) is 19.7 Å². The Bertz CT molecular complexity index is 1020. The summed E-state index contributed by atoms with van der Waals surface area (Å²) in [5.74, 6) is -1.24. The van der Waals surface area contributed by atoms with Crippen LogP contribution in [0.4, 0.5) is 4.79 Å². The Hall–Kier alpha value is -3.35. The van der Waals surface area contributed by atoms with Gasteiger partial charge in [0, 0.05) is 31.5 Å². The number of ether oxygens (including phenoxy) is 1. The summed E-state index contributed by atoms with van der Waals surface area (Å²) in [6, 6.07) is 16.2. The highest BCUT2D eigenvalue weighted by molar-refractivity contribution is 5.79. The van der Waals surface area contributed by atoms with Gasteiger partial charge in [0.2, 0.25) is 5.91 Å². The number of carboxylic acid groups (broad SMARTS) is 1. The summed E-state index contributed by atoms with van der Waals surface area (Å²) in [5.41, 5.74) is 4.76. The number of carboxylic acids is 1. The molecule has 2 atom stereocenters. The van der Waals surface area contributed by atoms with Crippen LogP contribution in [0.25, 0.3) is 11.1 Å². The van der Waals surface area contributed by atoms with Crippen LogP contribution in [-0.2, 0) is 14.3 Å². The van der Waals surface area contributed by atoms with Crippen LogP contribution in [0.15, 0.2) is 48.5 Å². The van der Waals surface area contributed by atoms with Crippen molar-refractivity contribution in [3.05, 3.63) is 59.7 Å². The Kier molecular flexibility index (Phi) is 8.06. The van der Waals surface area contributed by atoms with E-state index in [1.807, 2.05) is 31.2 Å². The van der Waals surface area contributed by atoms with E-state index in [4.69, 9.17) is 4.74 Å². The molecule has 7 heteroatoms. The lowest BCUT2D eigenvalue weighted by Gasteiger charge is -2.37. The largest absolute Gasteiger partial charge is 0.481 e. The molecule has 1 aliphatic carbocycles. The summed E-state index contributed by atoms with van der Waals surface area (Å²) in [6.07, 6.45) is 3.61. The van der Waals surface area contributed by atoms with Crippen molar-refractivity contribution < 1.29 is 24.2 Å². The molecule has 0 radical (unpaired) electrons. The molecule has 2 amide bonds. The zero-order chi connectivity index (χ0) is 24.8. The molecule has 2 aromatic rings. The zero-order valence-corrected chi connectivity index (χ0v) is 20.2. The summed E-state index contributed by atoms with van der Waals surface area (Å²) in [6.45, 7) is 3.24. The van der Waals surface area contributed by atoms with Crippen molar-refractivity contribution in [1.82, 2.24) is 10.2 Å². The number of nitrogens with zero attached hydrogens (tertiary/aromatic N) is 1. The SMILES string of the molecule is CC1C(C(=O)O)CCCN1C(=O)CCCCCNC(=O)OCC1c2ccccc2-c2ccccc21. The van der Waals surface area contributed by atoms with Crippen molar-refractivity contribution >= 4 is 18.0 Å². The van der Waals surface area contributed by atoms with Crippen molar-refractivity contribution in [3.63, 3.8) is 0 Å². The second-order valence-corrected chi connectivity index (χ2v) is 9.48. The lowest BCUT2D eigenvalue weighted by Crippen LogP contribution is -2.49. The number of hydrogen-bond acceptors (Lipinski definition) is 4. The molecule has 0 spiro atoms. The fourth-order valence-corrected chi connectivity index (χ4v) is 5.39. The maximum atomic E-state index is 12.5. The fourth-order valence-electron chi connectivity index (χ4n) is 5.39. The molecule has 186 valence electrons. The molecule has 2 N–H and O–H groups in total. The minimum Gasteiger partial charge on any atom is -0.481 e. The normalized spacial score (nSPS) is 19.1. The van der Waals surface area contributed by atoms with Gasteiger partial charge < -0.3 is 20.1 Å². The van der Waals surface area contributed by atoms with Crippen LogP contribution < -0.4 is 5.32 Å². The third-order valence-electron chi connectivity index (χ3n) is 7.31. The van der Waals surface area contributed by atoms with Gasteiger partial charge in [0.25, 0.3) is 0 Å². The van der Waals surface area contributed by atoms with Crippen LogP contribution >= 0.6 is 0 Å². The minimum absolute atomic E-state index is 0.0212. The van der Waals surface area contributed by atoms with Gasteiger partial charge in [0.05, 0.1) is 5.92 Å². The van der Waals surface area contributed by atoms with Crippen LogP contribution in [0.1, 0.15) is 62.5 Å². The van der Waals surface area contributed by atoms with E-state index in [2.05, 4.69) is 29.6 Å². The van der Waals surface area contributed by atoms with Crippen LogP contribution in [0.2, 0.25) is 0 Å². The fraction of sp³-hybridized carbons (Fsp3) is 0.464. The van der Waals surface area contributed by atoms with E-state index in [-0.39, 0.29) is 17.9 Å². The number of rotatable bonds is 9. The smallest absolute Gasteiger partial charge is 0.407 e. The number of piperidine rings is 1. The van der Waals surface area contributed by atoms with Gasteiger partial charge in [-0.05, 0) is 54.9 Å². The summed E-state index contributed by atoms with van der Waals surface area (Å²) in [4.78, 5) is 37.9. The number of hydrogen-bond donors (Lipinski definition) is 2.